The molecule has 1 amide bonds. The molecule has 1 heterocycles. The van der Waals surface area contributed by atoms with Gasteiger partial charge in [0.2, 0.25) is 5.91 Å². The van der Waals surface area contributed by atoms with Crippen molar-refractivity contribution in [3.05, 3.63) is 29.8 Å². The average molecular weight is 250 g/mol. The summed E-state index contributed by atoms with van der Waals surface area (Å²) in [5.74, 6) is -0.0110. The Bertz CT molecular complexity index is 449. The number of nitrogens with one attached hydrogen (secondary N) is 2. The fourth-order valence-corrected chi connectivity index (χ4v) is 1.90. The van der Waals surface area contributed by atoms with E-state index in [0.717, 1.165) is 11.3 Å². The molecular formula is C11H14N4OS. The Labute approximate surface area is 105 Å². The van der Waals surface area contributed by atoms with E-state index in [1.54, 1.807) is 0 Å². The first-order valence-corrected chi connectivity index (χ1v) is 5.78. The Balaban J connectivity index is 2.06. The number of amides is 1. The van der Waals surface area contributed by atoms with Crippen molar-refractivity contribution < 1.29 is 4.79 Å². The molecular weight excluding hydrogens is 236 g/mol. The number of fused-ring (bicyclic) bond motifs is 1. The molecule has 1 aromatic rings. The number of nitrogens with two attached hydrogens (primary N) is 1. The standard InChI is InChI=1S/C11H14N4OS/c12-5-6-13-11(17)14-15-9-4-2-1-3-8(9)7-10(15)16/h1-4H,5-7,12H2,(H2,13,14,17). The molecule has 0 atom stereocenters. The van der Waals surface area contributed by atoms with Gasteiger partial charge in [0.15, 0.2) is 5.11 Å². The third-order valence-corrected chi connectivity index (χ3v) is 2.70. The first-order valence-electron chi connectivity index (χ1n) is 5.38. The van der Waals surface area contributed by atoms with E-state index in [0.29, 0.717) is 24.6 Å². The fourth-order valence-electron chi connectivity index (χ4n) is 1.70. The van der Waals surface area contributed by atoms with Crippen LogP contribution in [-0.2, 0) is 11.2 Å². The summed E-state index contributed by atoms with van der Waals surface area (Å²) in [5.41, 5.74) is 10.1. The molecule has 6 heteroatoms. The van der Waals surface area contributed by atoms with Crippen LogP contribution in [0.5, 0.6) is 0 Å². The smallest absolute Gasteiger partial charge is 0.250 e. The third-order valence-electron chi connectivity index (χ3n) is 2.47. The van der Waals surface area contributed by atoms with Gasteiger partial charge in [-0.3, -0.25) is 10.2 Å². The largest absolute Gasteiger partial charge is 0.360 e. The van der Waals surface area contributed by atoms with Gasteiger partial charge in [0, 0.05) is 13.1 Å². The SMILES string of the molecule is NCCNC(=S)NN1C(=O)Cc2ccccc21. The van der Waals surface area contributed by atoms with E-state index in [1.165, 1.54) is 5.01 Å². The van der Waals surface area contributed by atoms with Crippen molar-refractivity contribution in [1.29, 1.82) is 0 Å². The summed E-state index contributed by atoms with van der Waals surface area (Å²) in [5, 5.41) is 4.79. The lowest BCUT2D eigenvalue weighted by atomic mass is 10.2. The van der Waals surface area contributed by atoms with Crippen LogP contribution in [0.1, 0.15) is 5.56 Å². The van der Waals surface area contributed by atoms with Crippen LogP contribution in [0.15, 0.2) is 24.3 Å². The first-order chi connectivity index (χ1) is 8.22. The quantitative estimate of drug-likeness (QED) is 0.654. The zero-order chi connectivity index (χ0) is 12.3. The molecule has 5 nitrogen and oxygen atoms in total. The zero-order valence-corrected chi connectivity index (χ0v) is 10.1. The van der Waals surface area contributed by atoms with Crippen LogP contribution in [0.2, 0.25) is 0 Å². The second-order valence-electron chi connectivity index (χ2n) is 3.69. The number of rotatable bonds is 3. The minimum absolute atomic E-state index is 0.0110. The molecule has 17 heavy (non-hydrogen) atoms. The molecule has 4 N–H and O–H groups in total. The van der Waals surface area contributed by atoms with Crippen LogP contribution in [0, 0.1) is 0 Å². The van der Waals surface area contributed by atoms with E-state index in [4.69, 9.17) is 18.0 Å². The molecule has 0 fully saturated rings. The van der Waals surface area contributed by atoms with Gasteiger partial charge in [-0.15, -0.1) is 0 Å². The van der Waals surface area contributed by atoms with E-state index < -0.39 is 0 Å². The van der Waals surface area contributed by atoms with E-state index in [9.17, 15) is 4.79 Å². The molecule has 1 aliphatic heterocycles. The number of hydrogen-bond donors (Lipinski definition) is 3. The molecule has 0 aromatic heterocycles. The van der Waals surface area contributed by atoms with E-state index in [2.05, 4.69) is 10.7 Å². The highest BCUT2D eigenvalue weighted by molar-refractivity contribution is 7.80. The van der Waals surface area contributed by atoms with Gasteiger partial charge in [-0.1, -0.05) is 18.2 Å². The molecule has 0 spiro atoms. The van der Waals surface area contributed by atoms with Crippen molar-refractivity contribution in [2.45, 2.75) is 6.42 Å². The fraction of sp³-hybridized carbons (Fsp3) is 0.273. The molecule has 0 saturated heterocycles. The van der Waals surface area contributed by atoms with Crippen molar-refractivity contribution in [3.8, 4) is 0 Å². The van der Waals surface area contributed by atoms with Crippen LogP contribution in [0.3, 0.4) is 0 Å². The Morgan fingerprint density at radius 1 is 1.47 bits per heavy atom. The zero-order valence-electron chi connectivity index (χ0n) is 9.27. The number of carbonyl (C=O) groups is 1. The topological polar surface area (TPSA) is 70.4 Å². The Morgan fingerprint density at radius 3 is 3.00 bits per heavy atom. The molecule has 2 rings (SSSR count). The van der Waals surface area contributed by atoms with Gasteiger partial charge in [0.25, 0.3) is 0 Å². The highest BCUT2D eigenvalue weighted by atomic mass is 32.1. The molecule has 1 aliphatic rings. The first kappa shape index (κ1) is 11.8. The van der Waals surface area contributed by atoms with Gasteiger partial charge in [0.05, 0.1) is 12.1 Å². The average Bonchev–Trinajstić information content (AvgIpc) is 2.64. The van der Waals surface area contributed by atoms with Crippen molar-refractivity contribution in [3.63, 3.8) is 0 Å². The van der Waals surface area contributed by atoms with Gasteiger partial charge >= 0.3 is 0 Å². The molecule has 0 radical (unpaired) electrons. The number of benzene rings is 1. The molecule has 0 bridgehead atoms. The van der Waals surface area contributed by atoms with Crippen LogP contribution in [-0.4, -0.2) is 24.1 Å². The molecule has 90 valence electrons. The lowest BCUT2D eigenvalue weighted by molar-refractivity contribution is -0.117. The van der Waals surface area contributed by atoms with E-state index >= 15 is 0 Å². The number of thiocarbonyl (C=S) groups is 1. The highest BCUT2D eigenvalue weighted by Gasteiger charge is 2.27. The predicted molar refractivity (Wildman–Crippen MR) is 70.4 cm³/mol. The summed E-state index contributed by atoms with van der Waals surface area (Å²) in [4.78, 5) is 11.8. The van der Waals surface area contributed by atoms with Crippen molar-refractivity contribution in [2.75, 3.05) is 18.1 Å². The summed E-state index contributed by atoms with van der Waals surface area (Å²) in [7, 11) is 0. The number of hydrazine groups is 1. The van der Waals surface area contributed by atoms with Gasteiger partial charge in [0.1, 0.15) is 0 Å². The summed E-state index contributed by atoms with van der Waals surface area (Å²) in [6.45, 7) is 1.07. The van der Waals surface area contributed by atoms with Crippen LogP contribution < -0.4 is 21.5 Å². The molecule has 0 unspecified atom stereocenters. The summed E-state index contributed by atoms with van der Waals surface area (Å²) in [6.07, 6.45) is 0.405. The Kier molecular flexibility index (Phi) is 3.55. The van der Waals surface area contributed by atoms with Gasteiger partial charge in [-0.05, 0) is 23.8 Å². The normalized spacial score (nSPS) is 13.5. The maximum Gasteiger partial charge on any atom is 0.250 e. The minimum atomic E-state index is -0.0110. The van der Waals surface area contributed by atoms with Crippen LogP contribution in [0.25, 0.3) is 0 Å². The van der Waals surface area contributed by atoms with Crippen molar-refractivity contribution in [1.82, 2.24) is 10.7 Å². The third kappa shape index (κ3) is 2.54. The predicted octanol–water partition coefficient (Wildman–Crippen LogP) is -0.0865. The highest BCUT2D eigenvalue weighted by Crippen LogP contribution is 2.26. The second-order valence-corrected chi connectivity index (χ2v) is 4.10. The summed E-state index contributed by atoms with van der Waals surface area (Å²) < 4.78 is 0. The van der Waals surface area contributed by atoms with Crippen LogP contribution >= 0.6 is 12.2 Å². The number of para-hydroxylation sites is 1. The second kappa shape index (κ2) is 5.11. The molecule has 1 aromatic carbocycles. The van der Waals surface area contributed by atoms with Gasteiger partial charge < -0.3 is 11.1 Å². The maximum atomic E-state index is 11.8. The van der Waals surface area contributed by atoms with Crippen LogP contribution in [0.4, 0.5) is 5.69 Å². The number of nitrogens with zero attached hydrogens (tertiary/aromatic N) is 1. The lowest BCUT2D eigenvalue weighted by Gasteiger charge is -2.20. The monoisotopic (exact) mass is 250 g/mol. The lowest BCUT2D eigenvalue weighted by Crippen LogP contribution is -2.49. The van der Waals surface area contributed by atoms with Gasteiger partial charge in [-0.25, -0.2) is 5.01 Å². The molecule has 0 saturated carbocycles. The molecule has 0 aliphatic carbocycles. The van der Waals surface area contributed by atoms with Crippen molar-refractivity contribution in [2.24, 2.45) is 5.73 Å². The van der Waals surface area contributed by atoms with E-state index in [-0.39, 0.29) is 5.91 Å². The number of anilines is 1. The Hall–Kier alpha value is -1.66. The number of carbonyl (C=O) groups excluding carboxylic acids is 1. The Morgan fingerprint density at radius 2 is 2.24 bits per heavy atom. The minimum Gasteiger partial charge on any atom is -0.360 e. The van der Waals surface area contributed by atoms with Crippen molar-refractivity contribution >= 4 is 28.9 Å². The van der Waals surface area contributed by atoms with Gasteiger partial charge in [-0.2, -0.15) is 0 Å². The summed E-state index contributed by atoms with van der Waals surface area (Å²) >= 11 is 5.07. The number of hydrogen-bond acceptors (Lipinski definition) is 3. The summed E-state index contributed by atoms with van der Waals surface area (Å²) in [6, 6.07) is 7.63. The maximum absolute atomic E-state index is 11.8. The van der Waals surface area contributed by atoms with E-state index in [1.807, 2.05) is 24.3 Å².